The van der Waals surface area contributed by atoms with E-state index in [4.69, 9.17) is 5.73 Å². The quantitative estimate of drug-likeness (QED) is 0.707. The van der Waals surface area contributed by atoms with Crippen LogP contribution in [0.25, 0.3) is 16.9 Å². The predicted octanol–water partition coefficient (Wildman–Crippen LogP) is 2.01. The van der Waals surface area contributed by atoms with E-state index in [9.17, 15) is 4.79 Å². The Morgan fingerprint density at radius 3 is 2.95 bits per heavy atom. The number of carbonyl (C=O) groups is 1. The van der Waals surface area contributed by atoms with Gasteiger partial charge in [-0.25, -0.2) is 4.68 Å². The zero-order valence-corrected chi connectivity index (χ0v) is 11.7. The summed E-state index contributed by atoms with van der Waals surface area (Å²) in [5, 5.41) is 11.2. The molecule has 6 heteroatoms. The molecular formula is C16H13N5O. The number of anilines is 2. The SMILES string of the molecule is Nc1cccc(-n2cc(-c3ccc4c(c3)CC(=O)N4)nn2)c1. The highest BCUT2D eigenvalue weighted by Gasteiger charge is 2.18. The van der Waals surface area contributed by atoms with Gasteiger partial charge in [-0.05, 0) is 35.9 Å². The second-order valence-electron chi connectivity index (χ2n) is 5.24. The molecule has 6 nitrogen and oxygen atoms in total. The summed E-state index contributed by atoms with van der Waals surface area (Å²) in [6.45, 7) is 0. The maximum absolute atomic E-state index is 11.4. The largest absolute Gasteiger partial charge is 0.399 e. The number of nitrogens with two attached hydrogens (primary N) is 1. The summed E-state index contributed by atoms with van der Waals surface area (Å²) >= 11 is 0. The maximum atomic E-state index is 11.4. The first-order valence-electron chi connectivity index (χ1n) is 6.90. The van der Waals surface area contributed by atoms with Crippen LogP contribution in [-0.4, -0.2) is 20.9 Å². The third-order valence-electron chi connectivity index (χ3n) is 3.65. The second kappa shape index (κ2) is 4.70. The van der Waals surface area contributed by atoms with Crippen LogP contribution < -0.4 is 11.1 Å². The molecule has 3 N–H and O–H groups in total. The maximum Gasteiger partial charge on any atom is 0.228 e. The first kappa shape index (κ1) is 12.6. The van der Waals surface area contributed by atoms with Crippen LogP contribution in [0.5, 0.6) is 0 Å². The molecule has 0 bridgehead atoms. The van der Waals surface area contributed by atoms with Crippen LogP contribution in [0.3, 0.4) is 0 Å². The molecule has 0 aliphatic carbocycles. The number of aromatic nitrogens is 3. The van der Waals surface area contributed by atoms with E-state index in [1.54, 1.807) is 4.68 Å². The van der Waals surface area contributed by atoms with Crippen molar-refractivity contribution in [3.63, 3.8) is 0 Å². The zero-order chi connectivity index (χ0) is 15.1. The molecule has 108 valence electrons. The Kier molecular flexibility index (Phi) is 2.69. The van der Waals surface area contributed by atoms with Crippen LogP contribution in [-0.2, 0) is 11.2 Å². The molecule has 0 fully saturated rings. The summed E-state index contributed by atoms with van der Waals surface area (Å²) in [5.74, 6) is 0.0237. The first-order chi connectivity index (χ1) is 10.7. The molecule has 2 aromatic carbocycles. The molecule has 2 heterocycles. The van der Waals surface area contributed by atoms with Crippen LogP contribution in [0.15, 0.2) is 48.7 Å². The Bertz CT molecular complexity index is 884. The monoisotopic (exact) mass is 291 g/mol. The fourth-order valence-corrected chi connectivity index (χ4v) is 2.58. The molecule has 0 spiro atoms. The van der Waals surface area contributed by atoms with Gasteiger partial charge < -0.3 is 11.1 Å². The number of hydrogen-bond donors (Lipinski definition) is 2. The molecule has 1 aliphatic rings. The van der Waals surface area contributed by atoms with E-state index in [1.807, 2.05) is 48.7 Å². The van der Waals surface area contributed by atoms with Crippen LogP contribution in [0.2, 0.25) is 0 Å². The number of nitrogens with one attached hydrogen (secondary N) is 1. The van der Waals surface area contributed by atoms with Crippen LogP contribution >= 0.6 is 0 Å². The van der Waals surface area contributed by atoms with Crippen LogP contribution in [0, 0.1) is 0 Å². The molecule has 4 rings (SSSR count). The van der Waals surface area contributed by atoms with Crippen molar-refractivity contribution in [1.29, 1.82) is 0 Å². The van der Waals surface area contributed by atoms with Gasteiger partial charge in [0.25, 0.3) is 0 Å². The van der Waals surface area contributed by atoms with Crippen LogP contribution in [0.1, 0.15) is 5.56 Å². The summed E-state index contributed by atoms with van der Waals surface area (Å²) < 4.78 is 1.68. The van der Waals surface area contributed by atoms with E-state index in [-0.39, 0.29) is 5.91 Å². The number of nitrogen functional groups attached to an aromatic ring is 1. The summed E-state index contributed by atoms with van der Waals surface area (Å²) in [7, 11) is 0. The Labute approximate surface area is 126 Å². The van der Waals surface area contributed by atoms with E-state index in [2.05, 4.69) is 15.6 Å². The number of hydrogen-bond acceptors (Lipinski definition) is 4. The first-order valence-corrected chi connectivity index (χ1v) is 6.90. The van der Waals surface area contributed by atoms with Crippen molar-refractivity contribution in [2.45, 2.75) is 6.42 Å². The van der Waals surface area contributed by atoms with Gasteiger partial charge in [-0.2, -0.15) is 0 Å². The average Bonchev–Trinajstić information content (AvgIpc) is 3.11. The number of benzene rings is 2. The van der Waals surface area contributed by atoms with E-state index >= 15 is 0 Å². The summed E-state index contributed by atoms with van der Waals surface area (Å²) in [6.07, 6.45) is 2.26. The molecule has 1 aliphatic heterocycles. The lowest BCUT2D eigenvalue weighted by Gasteiger charge is -2.01. The molecule has 3 aromatic rings. The molecular weight excluding hydrogens is 278 g/mol. The third kappa shape index (κ3) is 2.10. The van der Waals surface area contributed by atoms with Crippen molar-refractivity contribution in [2.24, 2.45) is 0 Å². The molecule has 1 aromatic heterocycles. The number of carbonyl (C=O) groups excluding carboxylic acids is 1. The predicted molar refractivity (Wildman–Crippen MR) is 83.5 cm³/mol. The van der Waals surface area contributed by atoms with Crippen LogP contribution in [0.4, 0.5) is 11.4 Å². The van der Waals surface area contributed by atoms with Gasteiger partial charge in [0.2, 0.25) is 5.91 Å². The van der Waals surface area contributed by atoms with E-state index in [0.29, 0.717) is 12.1 Å². The molecule has 0 saturated heterocycles. The molecule has 0 unspecified atom stereocenters. The van der Waals surface area contributed by atoms with Gasteiger partial charge in [-0.1, -0.05) is 17.3 Å². The molecule has 0 atom stereocenters. The van der Waals surface area contributed by atoms with E-state index in [1.165, 1.54) is 0 Å². The Balaban J connectivity index is 1.70. The van der Waals surface area contributed by atoms with Gasteiger partial charge >= 0.3 is 0 Å². The minimum atomic E-state index is 0.0237. The van der Waals surface area contributed by atoms with Crippen molar-refractivity contribution in [3.05, 3.63) is 54.2 Å². The standard InChI is InChI=1S/C16H13N5O/c17-12-2-1-3-13(8-12)21-9-15(19-20-21)10-4-5-14-11(6-10)7-16(22)18-14/h1-6,8-9H,7,17H2,(H,18,22). The van der Waals surface area contributed by atoms with Gasteiger partial charge in [0.05, 0.1) is 18.3 Å². The Morgan fingerprint density at radius 2 is 2.09 bits per heavy atom. The van der Waals surface area contributed by atoms with E-state index < -0.39 is 0 Å². The Hall–Kier alpha value is -3.15. The number of fused-ring (bicyclic) bond motifs is 1. The highest BCUT2D eigenvalue weighted by atomic mass is 16.1. The lowest BCUT2D eigenvalue weighted by atomic mass is 10.1. The minimum Gasteiger partial charge on any atom is -0.399 e. The molecule has 1 amide bonds. The smallest absolute Gasteiger partial charge is 0.228 e. The molecule has 0 radical (unpaired) electrons. The van der Waals surface area contributed by atoms with Gasteiger partial charge in [0.15, 0.2) is 0 Å². The highest BCUT2D eigenvalue weighted by Crippen LogP contribution is 2.28. The summed E-state index contributed by atoms with van der Waals surface area (Å²) in [6, 6.07) is 13.3. The lowest BCUT2D eigenvalue weighted by Crippen LogP contribution is -2.03. The zero-order valence-electron chi connectivity index (χ0n) is 11.7. The summed E-state index contributed by atoms with van der Waals surface area (Å²) in [5.41, 5.74) is 10.9. The fraction of sp³-hybridized carbons (Fsp3) is 0.0625. The fourth-order valence-electron chi connectivity index (χ4n) is 2.58. The number of nitrogens with zero attached hydrogens (tertiary/aromatic N) is 3. The lowest BCUT2D eigenvalue weighted by molar-refractivity contribution is -0.115. The van der Waals surface area contributed by atoms with E-state index in [0.717, 1.165) is 28.2 Å². The molecule has 22 heavy (non-hydrogen) atoms. The van der Waals surface area contributed by atoms with Crippen molar-refractivity contribution in [3.8, 4) is 16.9 Å². The van der Waals surface area contributed by atoms with Gasteiger partial charge in [-0.15, -0.1) is 5.10 Å². The molecule has 0 saturated carbocycles. The van der Waals surface area contributed by atoms with Gasteiger partial charge in [0.1, 0.15) is 5.69 Å². The van der Waals surface area contributed by atoms with Crippen molar-refractivity contribution in [2.75, 3.05) is 11.1 Å². The topological polar surface area (TPSA) is 85.8 Å². The van der Waals surface area contributed by atoms with Gasteiger partial charge in [-0.3, -0.25) is 4.79 Å². The van der Waals surface area contributed by atoms with Gasteiger partial charge in [0, 0.05) is 16.9 Å². The third-order valence-corrected chi connectivity index (χ3v) is 3.65. The normalized spacial score (nSPS) is 13.0. The minimum absolute atomic E-state index is 0.0237. The van der Waals surface area contributed by atoms with Crippen molar-refractivity contribution >= 4 is 17.3 Å². The second-order valence-corrected chi connectivity index (χ2v) is 5.24. The average molecular weight is 291 g/mol. The number of rotatable bonds is 2. The number of amides is 1. The summed E-state index contributed by atoms with van der Waals surface area (Å²) in [4.78, 5) is 11.4. The highest BCUT2D eigenvalue weighted by molar-refractivity contribution is 5.99. The van der Waals surface area contributed by atoms with Crippen molar-refractivity contribution < 1.29 is 4.79 Å². The van der Waals surface area contributed by atoms with Crippen molar-refractivity contribution in [1.82, 2.24) is 15.0 Å². The Morgan fingerprint density at radius 1 is 1.18 bits per heavy atom.